The van der Waals surface area contributed by atoms with E-state index >= 15 is 0 Å². The largest absolute Gasteiger partial charge is 0.497 e. The molecule has 4 N–H and O–H groups in total. The van der Waals surface area contributed by atoms with E-state index in [0.717, 1.165) is 31.7 Å². The van der Waals surface area contributed by atoms with E-state index in [4.69, 9.17) is 14.2 Å². The van der Waals surface area contributed by atoms with Crippen LogP contribution in [0.4, 0.5) is 10.5 Å². The lowest BCUT2D eigenvalue weighted by Crippen LogP contribution is -2.48. The SMILES string of the molecule is COC(=O)C1=C(C)NC(C)=C(C(=O)OC)C1c1cccc(NC(=O)NNC(=O)CN2CCC(c3cccc(OC)c3)CC2)c1. The van der Waals surface area contributed by atoms with Crippen LogP contribution in [0.1, 0.15) is 49.7 Å². The molecule has 3 amide bonds. The Kier molecular flexibility index (Phi) is 10.6. The number of likely N-dealkylation sites (tertiary alicyclic amines) is 1. The number of amides is 3. The van der Waals surface area contributed by atoms with E-state index in [-0.39, 0.29) is 23.6 Å². The maximum atomic E-state index is 12.8. The Hall–Kier alpha value is -4.84. The number of rotatable bonds is 8. The van der Waals surface area contributed by atoms with Gasteiger partial charge in [0, 0.05) is 17.1 Å². The van der Waals surface area contributed by atoms with Gasteiger partial charge in [0.05, 0.1) is 44.9 Å². The number of piperidine rings is 1. The molecule has 0 saturated carbocycles. The van der Waals surface area contributed by atoms with Gasteiger partial charge in [0.25, 0.3) is 5.91 Å². The predicted octanol–water partition coefficient (Wildman–Crippen LogP) is 3.31. The van der Waals surface area contributed by atoms with E-state index in [1.165, 1.54) is 19.8 Å². The molecule has 0 aromatic heterocycles. The van der Waals surface area contributed by atoms with Crippen LogP contribution in [0, 0.1) is 0 Å². The summed E-state index contributed by atoms with van der Waals surface area (Å²) in [6.07, 6.45) is 1.83. The first-order valence-corrected chi connectivity index (χ1v) is 14.3. The van der Waals surface area contributed by atoms with Crippen LogP contribution in [0.2, 0.25) is 0 Å². The first-order chi connectivity index (χ1) is 21.1. The average Bonchev–Trinajstić information content (AvgIpc) is 3.03. The van der Waals surface area contributed by atoms with Crippen molar-refractivity contribution in [1.29, 1.82) is 0 Å². The molecule has 44 heavy (non-hydrogen) atoms. The number of methoxy groups -OCH3 is 3. The van der Waals surface area contributed by atoms with Crippen molar-refractivity contribution >= 4 is 29.6 Å². The number of dihydropyridines is 1. The number of hydrogen-bond acceptors (Lipinski definition) is 9. The highest BCUT2D eigenvalue weighted by molar-refractivity contribution is 6.00. The normalized spacial score (nSPS) is 16.1. The quantitative estimate of drug-likeness (QED) is 0.263. The van der Waals surface area contributed by atoms with Gasteiger partial charge >= 0.3 is 18.0 Å². The summed E-state index contributed by atoms with van der Waals surface area (Å²) in [5, 5.41) is 5.74. The number of nitrogens with one attached hydrogen (secondary N) is 4. The lowest BCUT2D eigenvalue weighted by Gasteiger charge is -2.31. The number of carbonyl (C=O) groups excluding carboxylic acids is 4. The zero-order valence-corrected chi connectivity index (χ0v) is 25.6. The van der Waals surface area contributed by atoms with Crippen LogP contribution in [-0.4, -0.2) is 69.7 Å². The van der Waals surface area contributed by atoms with Crippen molar-refractivity contribution in [3.8, 4) is 5.75 Å². The Balaban J connectivity index is 1.34. The highest BCUT2D eigenvalue weighted by Gasteiger charge is 2.37. The second kappa shape index (κ2) is 14.6. The van der Waals surface area contributed by atoms with Crippen LogP contribution in [0.5, 0.6) is 5.75 Å². The summed E-state index contributed by atoms with van der Waals surface area (Å²) in [5.74, 6) is -1.10. The van der Waals surface area contributed by atoms with Gasteiger partial charge in [-0.3, -0.25) is 15.1 Å². The summed E-state index contributed by atoms with van der Waals surface area (Å²) in [7, 11) is 4.19. The fourth-order valence-corrected chi connectivity index (χ4v) is 5.74. The molecule has 12 nitrogen and oxygen atoms in total. The Bertz CT molecular complexity index is 1440. The van der Waals surface area contributed by atoms with Gasteiger partial charge in [-0.25, -0.2) is 19.8 Å². The Morgan fingerprint density at radius 1 is 0.841 bits per heavy atom. The van der Waals surface area contributed by atoms with Crippen LogP contribution in [0.15, 0.2) is 71.1 Å². The lowest BCUT2D eigenvalue weighted by atomic mass is 9.80. The molecule has 2 aliphatic rings. The number of anilines is 1. The van der Waals surface area contributed by atoms with E-state index in [2.05, 4.69) is 38.5 Å². The van der Waals surface area contributed by atoms with Crippen molar-refractivity contribution in [2.24, 2.45) is 0 Å². The van der Waals surface area contributed by atoms with E-state index < -0.39 is 23.9 Å². The fourth-order valence-electron chi connectivity index (χ4n) is 5.74. The second-order valence-electron chi connectivity index (χ2n) is 10.7. The second-order valence-corrected chi connectivity index (χ2v) is 10.7. The number of benzene rings is 2. The first-order valence-electron chi connectivity index (χ1n) is 14.3. The zero-order chi connectivity index (χ0) is 31.8. The molecule has 2 aromatic carbocycles. The van der Waals surface area contributed by atoms with Crippen molar-refractivity contribution in [2.75, 3.05) is 46.3 Å². The summed E-state index contributed by atoms with van der Waals surface area (Å²) in [5.41, 5.74) is 8.59. The van der Waals surface area contributed by atoms with E-state index in [0.29, 0.717) is 28.6 Å². The van der Waals surface area contributed by atoms with Crippen LogP contribution in [0.25, 0.3) is 0 Å². The van der Waals surface area contributed by atoms with Gasteiger partial charge in [-0.1, -0.05) is 24.3 Å². The average molecular weight is 606 g/mol. The smallest absolute Gasteiger partial charge is 0.337 e. The Morgan fingerprint density at radius 3 is 2.07 bits per heavy atom. The molecule has 2 aromatic rings. The van der Waals surface area contributed by atoms with E-state index in [9.17, 15) is 19.2 Å². The molecule has 2 aliphatic heterocycles. The highest BCUT2D eigenvalue weighted by atomic mass is 16.5. The Morgan fingerprint density at radius 2 is 1.45 bits per heavy atom. The number of nitrogens with zero attached hydrogens (tertiary/aromatic N) is 1. The number of esters is 2. The summed E-state index contributed by atoms with van der Waals surface area (Å²) in [6, 6.07) is 14.2. The van der Waals surface area contributed by atoms with Crippen molar-refractivity contribution in [2.45, 2.75) is 38.5 Å². The minimum atomic E-state index is -0.797. The number of hydrogen-bond donors (Lipinski definition) is 4. The summed E-state index contributed by atoms with van der Waals surface area (Å²) in [4.78, 5) is 52.8. The molecule has 4 rings (SSSR count). The van der Waals surface area contributed by atoms with Gasteiger partial charge in [-0.15, -0.1) is 0 Å². The maximum Gasteiger partial charge on any atom is 0.337 e. The van der Waals surface area contributed by atoms with Crippen molar-refractivity contribution in [1.82, 2.24) is 21.1 Å². The van der Waals surface area contributed by atoms with Crippen LogP contribution in [0.3, 0.4) is 0 Å². The molecule has 1 fully saturated rings. The molecule has 12 heteroatoms. The van der Waals surface area contributed by atoms with E-state index in [1.807, 2.05) is 12.1 Å². The lowest BCUT2D eigenvalue weighted by molar-refractivity contribution is -0.137. The van der Waals surface area contributed by atoms with Crippen LogP contribution >= 0.6 is 0 Å². The molecule has 0 aliphatic carbocycles. The third kappa shape index (κ3) is 7.56. The van der Waals surface area contributed by atoms with Crippen molar-refractivity contribution < 1.29 is 33.4 Å². The monoisotopic (exact) mass is 605 g/mol. The van der Waals surface area contributed by atoms with Crippen molar-refractivity contribution in [3.63, 3.8) is 0 Å². The van der Waals surface area contributed by atoms with Gasteiger partial charge in [0.15, 0.2) is 0 Å². The molecule has 0 spiro atoms. The van der Waals surface area contributed by atoms with Gasteiger partial charge in [-0.2, -0.15) is 0 Å². The van der Waals surface area contributed by atoms with Gasteiger partial charge in [0.2, 0.25) is 0 Å². The summed E-state index contributed by atoms with van der Waals surface area (Å²) >= 11 is 0. The number of carbonyl (C=O) groups is 4. The van der Waals surface area contributed by atoms with Gasteiger partial charge in [0.1, 0.15) is 5.75 Å². The molecule has 1 saturated heterocycles. The standard InChI is InChI=1S/C32H39N5O7/c1-19-27(30(39)43-4)29(28(20(2)33-19)31(40)44-5)23-9-6-10-24(16-23)34-32(41)36-35-26(38)18-37-14-12-21(13-15-37)22-8-7-11-25(17-22)42-3/h6-11,16-17,21,29,33H,12-15,18H2,1-5H3,(H,35,38)(H2,34,36,41). The molecule has 0 radical (unpaired) electrons. The van der Waals surface area contributed by atoms with Gasteiger partial charge < -0.3 is 24.8 Å². The summed E-state index contributed by atoms with van der Waals surface area (Å²) in [6.45, 7) is 5.11. The number of ether oxygens (including phenoxy) is 3. The topological polar surface area (TPSA) is 147 Å². The van der Waals surface area contributed by atoms with Crippen LogP contribution in [-0.2, 0) is 23.9 Å². The third-order valence-corrected chi connectivity index (χ3v) is 7.88. The van der Waals surface area contributed by atoms with Crippen molar-refractivity contribution in [3.05, 3.63) is 82.2 Å². The highest BCUT2D eigenvalue weighted by Crippen LogP contribution is 2.39. The third-order valence-electron chi connectivity index (χ3n) is 7.88. The molecular formula is C32H39N5O7. The Labute approximate surface area is 256 Å². The molecule has 2 heterocycles. The minimum absolute atomic E-state index is 0.153. The molecular weight excluding hydrogens is 566 g/mol. The first kappa shape index (κ1) is 32.1. The van der Waals surface area contributed by atoms with E-state index in [1.54, 1.807) is 45.2 Å². The van der Waals surface area contributed by atoms with Gasteiger partial charge in [-0.05, 0) is 81.1 Å². The fraction of sp³-hybridized carbons (Fsp3) is 0.375. The molecule has 0 atom stereocenters. The summed E-state index contributed by atoms with van der Waals surface area (Å²) < 4.78 is 15.3. The van der Waals surface area contributed by atoms with Crippen LogP contribution < -0.4 is 26.2 Å². The molecule has 234 valence electrons. The number of hydrazine groups is 1. The number of allylic oxidation sites excluding steroid dienone is 2. The minimum Gasteiger partial charge on any atom is -0.497 e. The number of urea groups is 1. The maximum absolute atomic E-state index is 12.8. The molecule has 0 unspecified atom stereocenters. The predicted molar refractivity (Wildman–Crippen MR) is 163 cm³/mol. The molecule has 0 bridgehead atoms. The zero-order valence-electron chi connectivity index (χ0n) is 25.6.